The van der Waals surface area contributed by atoms with Gasteiger partial charge >= 0.3 is 0 Å². The minimum atomic E-state index is 0.194. The van der Waals surface area contributed by atoms with Gasteiger partial charge in [0.15, 0.2) is 0 Å². The molecule has 1 saturated heterocycles. The summed E-state index contributed by atoms with van der Waals surface area (Å²) in [5.41, 5.74) is 11.0. The number of nitrogens with two attached hydrogens (primary N) is 2. The van der Waals surface area contributed by atoms with E-state index in [2.05, 4.69) is 15.0 Å². The van der Waals surface area contributed by atoms with E-state index in [1.54, 1.807) is 0 Å². The summed E-state index contributed by atoms with van der Waals surface area (Å²) in [5, 5.41) is 0. The second kappa shape index (κ2) is 3.75. The van der Waals surface area contributed by atoms with Gasteiger partial charge in [0.2, 0.25) is 11.9 Å². The third kappa shape index (κ3) is 1.90. The zero-order valence-corrected chi connectivity index (χ0v) is 7.81. The van der Waals surface area contributed by atoms with E-state index >= 15 is 0 Å². The fourth-order valence-electron chi connectivity index (χ4n) is 1.57. The van der Waals surface area contributed by atoms with Gasteiger partial charge in [-0.1, -0.05) is 0 Å². The first kappa shape index (κ1) is 9.14. The molecule has 4 N–H and O–H groups in total. The molecule has 1 aliphatic rings. The molecule has 76 valence electrons. The second-order valence-corrected chi connectivity index (χ2v) is 3.30. The van der Waals surface area contributed by atoms with Crippen LogP contribution in [0.15, 0.2) is 0 Å². The predicted octanol–water partition coefficient (Wildman–Crippen LogP) is -0.0700. The van der Waals surface area contributed by atoms with Crippen molar-refractivity contribution in [1.82, 2.24) is 15.0 Å². The van der Waals surface area contributed by atoms with Gasteiger partial charge in [-0.3, -0.25) is 0 Å². The topological polar surface area (TPSA) is 99.9 Å². The summed E-state index contributed by atoms with van der Waals surface area (Å²) in [6.45, 7) is 1.49. The van der Waals surface area contributed by atoms with Gasteiger partial charge in [-0.2, -0.15) is 15.0 Å². The van der Waals surface area contributed by atoms with Gasteiger partial charge in [-0.05, 0) is 12.8 Å². The maximum Gasteiger partial charge on any atom is 0.225 e. The zero-order valence-electron chi connectivity index (χ0n) is 7.81. The molecule has 0 spiro atoms. The molecule has 0 aliphatic carbocycles. The van der Waals surface area contributed by atoms with Crippen molar-refractivity contribution in [2.75, 3.05) is 24.7 Å². The van der Waals surface area contributed by atoms with Gasteiger partial charge in [0, 0.05) is 19.1 Å². The Balaban J connectivity index is 2.21. The van der Waals surface area contributed by atoms with Crippen LogP contribution >= 0.6 is 0 Å². The Morgan fingerprint density at radius 3 is 2.14 bits per heavy atom. The Morgan fingerprint density at radius 1 is 1.00 bits per heavy atom. The SMILES string of the molecule is Nc1nc(N)nc(C2CCOCC2)n1. The molecule has 1 fully saturated rings. The number of aromatic nitrogens is 3. The van der Waals surface area contributed by atoms with Gasteiger partial charge in [-0.25, -0.2) is 0 Å². The molecule has 0 saturated carbocycles. The average Bonchev–Trinajstić information content (AvgIpc) is 2.18. The Bertz CT molecular complexity index is 303. The maximum atomic E-state index is 5.49. The molecule has 0 radical (unpaired) electrons. The van der Waals surface area contributed by atoms with Crippen LogP contribution in [0.4, 0.5) is 11.9 Å². The highest BCUT2D eigenvalue weighted by atomic mass is 16.5. The number of hydrogen-bond donors (Lipinski definition) is 2. The fraction of sp³-hybridized carbons (Fsp3) is 0.625. The first-order valence-corrected chi connectivity index (χ1v) is 4.60. The number of rotatable bonds is 1. The Hall–Kier alpha value is -1.43. The van der Waals surface area contributed by atoms with Crippen LogP contribution in [0.1, 0.15) is 24.6 Å². The summed E-state index contributed by atoms with van der Waals surface area (Å²) in [6.07, 6.45) is 1.84. The standard InChI is InChI=1S/C8H13N5O/c9-7-11-6(12-8(10)13-7)5-1-3-14-4-2-5/h5H,1-4H2,(H4,9,10,11,12,13). The van der Waals surface area contributed by atoms with E-state index < -0.39 is 0 Å². The van der Waals surface area contributed by atoms with Crippen molar-refractivity contribution in [2.45, 2.75) is 18.8 Å². The normalized spacial score (nSPS) is 18.3. The van der Waals surface area contributed by atoms with Crippen molar-refractivity contribution in [3.05, 3.63) is 5.82 Å². The van der Waals surface area contributed by atoms with Crippen LogP contribution in [0.2, 0.25) is 0 Å². The van der Waals surface area contributed by atoms with Gasteiger partial charge in [0.05, 0.1) is 0 Å². The summed E-state index contributed by atoms with van der Waals surface area (Å²) in [4.78, 5) is 11.9. The molecule has 0 amide bonds. The van der Waals surface area contributed by atoms with E-state index in [1.165, 1.54) is 0 Å². The lowest BCUT2D eigenvalue weighted by atomic mass is 10.00. The van der Waals surface area contributed by atoms with Crippen LogP contribution in [-0.4, -0.2) is 28.2 Å². The van der Waals surface area contributed by atoms with E-state index in [1.807, 2.05) is 0 Å². The number of anilines is 2. The first-order valence-electron chi connectivity index (χ1n) is 4.60. The minimum absolute atomic E-state index is 0.194. The summed E-state index contributed by atoms with van der Waals surface area (Å²) < 4.78 is 5.25. The number of nitrogens with zero attached hydrogens (tertiary/aromatic N) is 3. The van der Waals surface area contributed by atoms with Crippen LogP contribution in [0.25, 0.3) is 0 Å². The van der Waals surface area contributed by atoms with Crippen LogP contribution < -0.4 is 11.5 Å². The molecule has 0 aromatic carbocycles. The predicted molar refractivity (Wildman–Crippen MR) is 51.4 cm³/mol. The summed E-state index contributed by atoms with van der Waals surface area (Å²) in [5.74, 6) is 1.38. The first-order chi connectivity index (χ1) is 6.75. The minimum Gasteiger partial charge on any atom is -0.381 e. The molecule has 1 aliphatic heterocycles. The number of hydrogen-bond acceptors (Lipinski definition) is 6. The number of nitrogen functional groups attached to an aromatic ring is 2. The smallest absolute Gasteiger partial charge is 0.225 e. The summed E-state index contributed by atoms with van der Waals surface area (Å²) in [7, 11) is 0. The van der Waals surface area contributed by atoms with Crippen molar-refractivity contribution in [2.24, 2.45) is 0 Å². The highest BCUT2D eigenvalue weighted by Gasteiger charge is 2.19. The Morgan fingerprint density at radius 2 is 1.57 bits per heavy atom. The molecule has 0 unspecified atom stereocenters. The molecule has 14 heavy (non-hydrogen) atoms. The van der Waals surface area contributed by atoms with Crippen molar-refractivity contribution in [1.29, 1.82) is 0 Å². The van der Waals surface area contributed by atoms with Crippen molar-refractivity contribution in [3.8, 4) is 0 Å². The molecule has 2 heterocycles. The van der Waals surface area contributed by atoms with Crippen molar-refractivity contribution < 1.29 is 4.74 Å². The highest BCUT2D eigenvalue weighted by molar-refractivity contribution is 5.26. The van der Waals surface area contributed by atoms with E-state index in [-0.39, 0.29) is 11.9 Å². The van der Waals surface area contributed by atoms with Gasteiger partial charge in [-0.15, -0.1) is 0 Å². The van der Waals surface area contributed by atoms with Crippen LogP contribution in [-0.2, 0) is 4.74 Å². The largest absolute Gasteiger partial charge is 0.381 e. The van der Waals surface area contributed by atoms with Crippen molar-refractivity contribution in [3.63, 3.8) is 0 Å². The van der Waals surface area contributed by atoms with E-state index in [0.717, 1.165) is 26.1 Å². The quantitative estimate of drug-likeness (QED) is 0.650. The molecule has 1 aromatic rings. The highest BCUT2D eigenvalue weighted by Crippen LogP contribution is 2.24. The molecule has 1 aromatic heterocycles. The Labute approximate surface area is 81.7 Å². The summed E-state index contributed by atoms with van der Waals surface area (Å²) >= 11 is 0. The molecule has 6 nitrogen and oxygen atoms in total. The fourth-order valence-corrected chi connectivity index (χ4v) is 1.57. The molecule has 0 bridgehead atoms. The van der Waals surface area contributed by atoms with Gasteiger partial charge in [0.1, 0.15) is 5.82 Å². The third-order valence-electron chi connectivity index (χ3n) is 2.27. The third-order valence-corrected chi connectivity index (χ3v) is 2.27. The van der Waals surface area contributed by atoms with Gasteiger partial charge in [0.25, 0.3) is 0 Å². The average molecular weight is 195 g/mol. The molecular formula is C8H13N5O. The molecule has 6 heteroatoms. The van der Waals surface area contributed by atoms with Crippen molar-refractivity contribution >= 4 is 11.9 Å². The Kier molecular flexibility index (Phi) is 2.45. The zero-order chi connectivity index (χ0) is 9.97. The lowest BCUT2D eigenvalue weighted by molar-refractivity contribution is 0.0836. The van der Waals surface area contributed by atoms with Crippen LogP contribution in [0.3, 0.4) is 0 Å². The summed E-state index contributed by atoms with van der Waals surface area (Å²) in [6, 6.07) is 0. The monoisotopic (exact) mass is 195 g/mol. The lowest BCUT2D eigenvalue weighted by Crippen LogP contribution is -2.18. The molecular weight excluding hydrogens is 182 g/mol. The number of ether oxygens (including phenoxy) is 1. The van der Waals surface area contributed by atoms with Gasteiger partial charge < -0.3 is 16.2 Å². The van der Waals surface area contributed by atoms with Crippen LogP contribution in [0, 0.1) is 0 Å². The molecule has 2 rings (SSSR count). The van der Waals surface area contributed by atoms with E-state index in [0.29, 0.717) is 11.7 Å². The van der Waals surface area contributed by atoms with E-state index in [9.17, 15) is 0 Å². The molecule has 0 atom stereocenters. The second-order valence-electron chi connectivity index (χ2n) is 3.30. The maximum absolute atomic E-state index is 5.49. The van der Waals surface area contributed by atoms with E-state index in [4.69, 9.17) is 16.2 Å². The van der Waals surface area contributed by atoms with Crippen LogP contribution in [0.5, 0.6) is 0 Å². The lowest BCUT2D eigenvalue weighted by Gasteiger charge is -2.20.